The molecule has 4 heteroatoms. The van der Waals surface area contributed by atoms with E-state index in [1.165, 1.54) is 16.7 Å². The Morgan fingerprint density at radius 2 is 1.90 bits per heavy atom. The summed E-state index contributed by atoms with van der Waals surface area (Å²) >= 11 is 0. The van der Waals surface area contributed by atoms with Crippen molar-refractivity contribution in [1.82, 2.24) is 4.90 Å². The van der Waals surface area contributed by atoms with Gasteiger partial charge in [-0.1, -0.05) is 57.2 Å². The highest BCUT2D eigenvalue weighted by atomic mass is 16.5. The highest BCUT2D eigenvalue weighted by Gasteiger charge is 2.31. The van der Waals surface area contributed by atoms with Gasteiger partial charge < -0.3 is 9.84 Å². The third-order valence-electron chi connectivity index (χ3n) is 5.56. The quantitative estimate of drug-likeness (QED) is 0.719. The molecule has 2 atom stereocenters. The number of likely N-dealkylation sites (N-methyl/N-ethyl adjacent to an activating group) is 1. The third kappa shape index (κ3) is 5.83. The van der Waals surface area contributed by atoms with Crippen LogP contribution in [-0.4, -0.2) is 36.2 Å². The van der Waals surface area contributed by atoms with Crippen LogP contribution in [0.2, 0.25) is 0 Å². The summed E-state index contributed by atoms with van der Waals surface area (Å²) in [6.07, 6.45) is 2.99. The number of hydrogen-bond acceptors (Lipinski definition) is 3. The molecule has 0 heterocycles. The summed E-state index contributed by atoms with van der Waals surface area (Å²) in [7, 11) is 1.92. The molecule has 29 heavy (non-hydrogen) atoms. The molecule has 2 aromatic rings. The molecule has 0 spiro atoms. The summed E-state index contributed by atoms with van der Waals surface area (Å²) in [6, 6.07) is 16.9. The maximum atomic E-state index is 11.3. The number of fused-ring (bicyclic) bond motifs is 1. The monoisotopic (exact) mass is 395 g/mol. The van der Waals surface area contributed by atoms with Gasteiger partial charge in [-0.05, 0) is 66.5 Å². The van der Waals surface area contributed by atoms with Crippen molar-refractivity contribution < 1.29 is 14.6 Å². The van der Waals surface area contributed by atoms with Crippen LogP contribution in [0, 0.1) is 11.3 Å². The van der Waals surface area contributed by atoms with Gasteiger partial charge in [0.25, 0.3) is 0 Å². The summed E-state index contributed by atoms with van der Waals surface area (Å²) in [5.41, 5.74) is 4.04. The number of rotatable bonds is 7. The largest absolute Gasteiger partial charge is 0.493 e. The van der Waals surface area contributed by atoms with Crippen LogP contribution in [0.3, 0.4) is 0 Å². The zero-order chi connectivity index (χ0) is 21.0. The van der Waals surface area contributed by atoms with Crippen LogP contribution in [0.1, 0.15) is 49.9 Å². The molecule has 1 aliphatic rings. The van der Waals surface area contributed by atoms with Crippen LogP contribution < -0.4 is 4.74 Å². The smallest absolute Gasteiger partial charge is 0.317 e. The molecule has 0 fully saturated rings. The number of ether oxygens (including phenoxy) is 1. The molecular weight excluding hydrogens is 362 g/mol. The Hall–Kier alpha value is -2.33. The lowest BCUT2D eigenvalue weighted by molar-refractivity contribution is -0.138. The Balaban J connectivity index is 1.78. The molecule has 0 amide bonds. The molecule has 156 valence electrons. The first kappa shape index (κ1) is 21.4. The van der Waals surface area contributed by atoms with Crippen molar-refractivity contribution in [2.45, 2.75) is 46.1 Å². The minimum atomic E-state index is -0.787. The number of carboxylic acids is 1. The van der Waals surface area contributed by atoms with Gasteiger partial charge in [-0.25, -0.2) is 0 Å². The molecule has 2 aromatic carbocycles. The SMILES string of the molecule is CN(CC(=O)O)C(c1ccccc1)C1CCc2cc(OCC(C)(C)C)ccc2C1. The Bertz CT molecular complexity index is 826. The van der Waals surface area contributed by atoms with E-state index in [2.05, 4.69) is 51.1 Å². The van der Waals surface area contributed by atoms with E-state index in [-0.39, 0.29) is 18.0 Å². The van der Waals surface area contributed by atoms with Gasteiger partial charge in [0.15, 0.2) is 0 Å². The van der Waals surface area contributed by atoms with Crippen LogP contribution in [0.5, 0.6) is 5.75 Å². The van der Waals surface area contributed by atoms with Gasteiger partial charge in [-0.3, -0.25) is 9.69 Å². The normalized spacial score (nSPS) is 17.6. The molecule has 2 unspecified atom stereocenters. The lowest BCUT2D eigenvalue weighted by Crippen LogP contribution is -2.36. The summed E-state index contributed by atoms with van der Waals surface area (Å²) in [5.74, 6) is 0.542. The lowest BCUT2D eigenvalue weighted by atomic mass is 9.77. The van der Waals surface area contributed by atoms with Crippen LogP contribution >= 0.6 is 0 Å². The minimum Gasteiger partial charge on any atom is -0.493 e. The van der Waals surface area contributed by atoms with Crippen LogP contribution in [0.15, 0.2) is 48.5 Å². The molecule has 3 rings (SSSR count). The second kappa shape index (κ2) is 9.00. The fourth-order valence-electron chi connectivity index (χ4n) is 4.27. The molecule has 0 aromatic heterocycles. The van der Waals surface area contributed by atoms with E-state index in [1.807, 2.05) is 30.1 Å². The van der Waals surface area contributed by atoms with Gasteiger partial charge >= 0.3 is 5.97 Å². The van der Waals surface area contributed by atoms with Crippen molar-refractivity contribution in [3.05, 3.63) is 65.2 Å². The predicted octanol–water partition coefficient (Wildman–Crippen LogP) is 4.97. The van der Waals surface area contributed by atoms with Crippen LogP contribution in [-0.2, 0) is 17.6 Å². The van der Waals surface area contributed by atoms with Gasteiger partial charge in [-0.2, -0.15) is 0 Å². The molecule has 4 nitrogen and oxygen atoms in total. The van der Waals surface area contributed by atoms with Crippen LogP contribution in [0.25, 0.3) is 0 Å². The van der Waals surface area contributed by atoms with E-state index < -0.39 is 5.97 Å². The zero-order valence-electron chi connectivity index (χ0n) is 18.0. The third-order valence-corrected chi connectivity index (χ3v) is 5.56. The fourth-order valence-corrected chi connectivity index (χ4v) is 4.27. The maximum absolute atomic E-state index is 11.3. The average molecular weight is 396 g/mol. The van der Waals surface area contributed by atoms with Crippen LogP contribution in [0.4, 0.5) is 0 Å². The highest BCUT2D eigenvalue weighted by molar-refractivity contribution is 5.69. The van der Waals surface area contributed by atoms with Crippen molar-refractivity contribution in [3.8, 4) is 5.75 Å². The molecule has 0 saturated heterocycles. The van der Waals surface area contributed by atoms with Gasteiger partial charge in [-0.15, -0.1) is 0 Å². The van der Waals surface area contributed by atoms with Crippen molar-refractivity contribution in [2.24, 2.45) is 11.3 Å². The molecule has 0 radical (unpaired) electrons. The summed E-state index contributed by atoms with van der Waals surface area (Å²) in [5, 5.41) is 9.32. The number of nitrogens with zero attached hydrogens (tertiary/aromatic N) is 1. The Morgan fingerprint density at radius 1 is 1.17 bits per heavy atom. The molecule has 1 N–H and O–H groups in total. The Morgan fingerprint density at radius 3 is 2.55 bits per heavy atom. The van der Waals surface area contributed by atoms with Gasteiger partial charge in [0, 0.05) is 6.04 Å². The first-order valence-electron chi connectivity index (χ1n) is 10.4. The Labute approximate surface area is 174 Å². The van der Waals surface area contributed by atoms with Crippen molar-refractivity contribution in [3.63, 3.8) is 0 Å². The van der Waals surface area contributed by atoms with E-state index in [0.717, 1.165) is 25.0 Å². The number of benzene rings is 2. The van der Waals surface area contributed by atoms with E-state index in [4.69, 9.17) is 4.74 Å². The molecule has 0 saturated carbocycles. The number of hydrogen-bond donors (Lipinski definition) is 1. The second-order valence-electron chi connectivity index (χ2n) is 9.45. The summed E-state index contributed by atoms with van der Waals surface area (Å²) in [4.78, 5) is 13.3. The predicted molar refractivity (Wildman–Crippen MR) is 116 cm³/mol. The van der Waals surface area contributed by atoms with E-state index >= 15 is 0 Å². The minimum absolute atomic E-state index is 0.0441. The molecule has 0 aliphatic heterocycles. The summed E-state index contributed by atoms with van der Waals surface area (Å²) < 4.78 is 5.99. The van der Waals surface area contributed by atoms with E-state index in [0.29, 0.717) is 12.5 Å². The first-order valence-corrected chi connectivity index (χ1v) is 10.4. The number of aliphatic carboxylic acids is 1. The molecule has 1 aliphatic carbocycles. The number of aryl methyl sites for hydroxylation is 1. The average Bonchev–Trinajstić information content (AvgIpc) is 2.66. The zero-order valence-corrected chi connectivity index (χ0v) is 18.0. The topological polar surface area (TPSA) is 49.8 Å². The van der Waals surface area contributed by atoms with Crippen molar-refractivity contribution in [1.29, 1.82) is 0 Å². The molecule has 0 bridgehead atoms. The van der Waals surface area contributed by atoms with E-state index in [9.17, 15) is 9.90 Å². The standard InChI is InChI=1S/C25H33NO3/c1-25(2,3)17-29-22-13-12-19-14-21(11-10-20(19)15-22)24(26(4)16-23(27)28)18-8-6-5-7-9-18/h5-9,12-13,15,21,24H,10-11,14,16-17H2,1-4H3,(H,27,28). The van der Waals surface area contributed by atoms with E-state index in [1.54, 1.807) is 0 Å². The fraction of sp³-hybridized carbons (Fsp3) is 0.480. The maximum Gasteiger partial charge on any atom is 0.317 e. The van der Waals surface area contributed by atoms with Crippen molar-refractivity contribution >= 4 is 5.97 Å². The first-order chi connectivity index (χ1) is 13.7. The number of carboxylic acid groups (broad SMARTS) is 1. The van der Waals surface area contributed by atoms with Gasteiger partial charge in [0.05, 0.1) is 13.2 Å². The second-order valence-corrected chi connectivity index (χ2v) is 9.45. The highest BCUT2D eigenvalue weighted by Crippen LogP contribution is 2.38. The summed E-state index contributed by atoms with van der Waals surface area (Å²) in [6.45, 7) is 7.26. The molecular formula is C25H33NO3. The number of carbonyl (C=O) groups is 1. The van der Waals surface area contributed by atoms with Crippen molar-refractivity contribution in [2.75, 3.05) is 20.2 Å². The Kier molecular flexibility index (Phi) is 6.63. The van der Waals surface area contributed by atoms with Gasteiger partial charge in [0.2, 0.25) is 0 Å². The lowest BCUT2D eigenvalue weighted by Gasteiger charge is -2.37. The van der Waals surface area contributed by atoms with Gasteiger partial charge in [0.1, 0.15) is 5.75 Å².